The van der Waals surface area contributed by atoms with E-state index in [4.69, 9.17) is 0 Å². The van der Waals surface area contributed by atoms with Gasteiger partial charge in [-0.25, -0.2) is 0 Å². The third-order valence-corrected chi connectivity index (χ3v) is 2.74. The predicted octanol–water partition coefficient (Wildman–Crippen LogP) is 2.73. The van der Waals surface area contributed by atoms with Gasteiger partial charge in [-0.3, -0.25) is 4.98 Å². The number of hydrogen-bond acceptors (Lipinski definition) is 2. The molecule has 84 valence electrons. The zero-order chi connectivity index (χ0) is 11.4. The number of aromatic nitrogens is 1. The van der Waals surface area contributed by atoms with Crippen molar-refractivity contribution in [2.75, 3.05) is 20.6 Å². The summed E-state index contributed by atoms with van der Waals surface area (Å²) in [6.07, 6.45) is 4.19. The molecule has 0 atom stereocenters. The van der Waals surface area contributed by atoms with Crippen LogP contribution < -0.4 is 0 Å². The second-order valence-electron chi connectivity index (χ2n) is 4.44. The topological polar surface area (TPSA) is 16.1 Å². The van der Waals surface area contributed by atoms with Crippen LogP contribution in [0.2, 0.25) is 0 Å². The van der Waals surface area contributed by atoms with E-state index < -0.39 is 0 Å². The Hall–Kier alpha value is -1.41. The molecule has 2 nitrogen and oxygen atoms in total. The Labute approximate surface area is 96.9 Å². The maximum Gasteiger partial charge on any atom is 0.0702 e. The van der Waals surface area contributed by atoms with Crippen LogP contribution in [0.1, 0.15) is 12.0 Å². The van der Waals surface area contributed by atoms with Crippen molar-refractivity contribution in [2.45, 2.75) is 12.8 Å². The second kappa shape index (κ2) is 5.08. The first-order chi connectivity index (χ1) is 7.75. The molecule has 0 aliphatic rings. The number of rotatable bonds is 4. The number of fused-ring (bicyclic) bond motifs is 1. The standard InChI is InChI=1S/C14H18N2/c1-16(2)10-4-5-12-7-8-14-13(11-12)6-3-9-15-14/h3,6-9,11H,4-5,10H2,1-2H3. The predicted molar refractivity (Wildman–Crippen MR) is 68.6 cm³/mol. The number of hydrogen-bond donors (Lipinski definition) is 0. The van der Waals surface area contributed by atoms with E-state index in [2.05, 4.69) is 48.2 Å². The van der Waals surface area contributed by atoms with E-state index >= 15 is 0 Å². The smallest absolute Gasteiger partial charge is 0.0702 e. The van der Waals surface area contributed by atoms with Crippen molar-refractivity contribution in [1.29, 1.82) is 0 Å². The van der Waals surface area contributed by atoms with Crippen LogP contribution in [-0.2, 0) is 6.42 Å². The Kier molecular flexibility index (Phi) is 3.52. The highest BCUT2D eigenvalue weighted by atomic mass is 15.0. The first-order valence-electron chi connectivity index (χ1n) is 5.74. The number of benzene rings is 1. The van der Waals surface area contributed by atoms with Crippen LogP contribution in [0.4, 0.5) is 0 Å². The van der Waals surface area contributed by atoms with E-state index in [0.29, 0.717) is 0 Å². The third kappa shape index (κ3) is 2.80. The van der Waals surface area contributed by atoms with Gasteiger partial charge in [-0.15, -0.1) is 0 Å². The summed E-state index contributed by atoms with van der Waals surface area (Å²) in [6.45, 7) is 1.14. The Morgan fingerprint density at radius 2 is 2.06 bits per heavy atom. The minimum Gasteiger partial charge on any atom is -0.309 e. The highest BCUT2D eigenvalue weighted by molar-refractivity contribution is 5.78. The average Bonchev–Trinajstić information content (AvgIpc) is 2.28. The van der Waals surface area contributed by atoms with Crippen LogP contribution in [0.25, 0.3) is 10.9 Å². The zero-order valence-corrected chi connectivity index (χ0v) is 9.98. The first kappa shape index (κ1) is 11.1. The van der Waals surface area contributed by atoms with Crippen LogP contribution in [0.15, 0.2) is 36.5 Å². The van der Waals surface area contributed by atoms with Gasteiger partial charge in [0.2, 0.25) is 0 Å². The van der Waals surface area contributed by atoms with E-state index in [-0.39, 0.29) is 0 Å². The molecular weight excluding hydrogens is 196 g/mol. The summed E-state index contributed by atoms with van der Waals surface area (Å²) in [5.74, 6) is 0. The molecule has 0 N–H and O–H groups in total. The molecule has 0 aliphatic heterocycles. The van der Waals surface area contributed by atoms with E-state index in [1.807, 2.05) is 12.3 Å². The minimum atomic E-state index is 1.08. The van der Waals surface area contributed by atoms with Crippen molar-refractivity contribution in [3.63, 3.8) is 0 Å². The molecule has 0 radical (unpaired) electrons. The van der Waals surface area contributed by atoms with Gasteiger partial charge in [-0.2, -0.15) is 0 Å². The van der Waals surface area contributed by atoms with Crippen molar-refractivity contribution in [1.82, 2.24) is 9.88 Å². The van der Waals surface area contributed by atoms with Gasteiger partial charge < -0.3 is 4.90 Å². The van der Waals surface area contributed by atoms with Gasteiger partial charge in [0.15, 0.2) is 0 Å². The molecule has 0 bridgehead atoms. The number of pyridine rings is 1. The fourth-order valence-electron chi connectivity index (χ4n) is 1.88. The van der Waals surface area contributed by atoms with Crippen molar-refractivity contribution in [2.24, 2.45) is 0 Å². The van der Waals surface area contributed by atoms with Crippen molar-refractivity contribution >= 4 is 10.9 Å². The van der Waals surface area contributed by atoms with E-state index in [1.54, 1.807) is 0 Å². The molecule has 0 unspecified atom stereocenters. The quantitative estimate of drug-likeness (QED) is 0.778. The van der Waals surface area contributed by atoms with Crippen LogP contribution in [0.3, 0.4) is 0 Å². The molecule has 0 fully saturated rings. The molecule has 2 heteroatoms. The Morgan fingerprint density at radius 3 is 2.88 bits per heavy atom. The summed E-state index contributed by atoms with van der Waals surface area (Å²) in [4.78, 5) is 6.55. The van der Waals surface area contributed by atoms with Gasteiger partial charge >= 0.3 is 0 Å². The number of nitrogens with zero attached hydrogens (tertiary/aromatic N) is 2. The van der Waals surface area contributed by atoms with Gasteiger partial charge in [0.25, 0.3) is 0 Å². The molecule has 2 aromatic rings. The van der Waals surface area contributed by atoms with Gasteiger partial charge in [0.1, 0.15) is 0 Å². The molecule has 0 spiro atoms. The zero-order valence-electron chi connectivity index (χ0n) is 9.98. The lowest BCUT2D eigenvalue weighted by Crippen LogP contribution is -2.13. The average molecular weight is 214 g/mol. The Morgan fingerprint density at radius 1 is 1.19 bits per heavy atom. The molecule has 0 saturated carbocycles. The minimum absolute atomic E-state index is 1.08. The normalized spacial score (nSPS) is 11.2. The van der Waals surface area contributed by atoms with Crippen molar-refractivity contribution in [3.05, 3.63) is 42.1 Å². The number of aryl methyl sites for hydroxylation is 1. The van der Waals surface area contributed by atoms with E-state index in [9.17, 15) is 0 Å². The molecule has 16 heavy (non-hydrogen) atoms. The fraction of sp³-hybridized carbons (Fsp3) is 0.357. The van der Waals surface area contributed by atoms with Crippen LogP contribution in [-0.4, -0.2) is 30.5 Å². The fourth-order valence-corrected chi connectivity index (χ4v) is 1.88. The summed E-state index contributed by atoms with van der Waals surface area (Å²) in [5.41, 5.74) is 2.49. The molecular formula is C14H18N2. The van der Waals surface area contributed by atoms with E-state index in [1.165, 1.54) is 17.4 Å². The SMILES string of the molecule is CN(C)CCCc1ccc2ncccc2c1. The van der Waals surface area contributed by atoms with Crippen molar-refractivity contribution < 1.29 is 0 Å². The van der Waals surface area contributed by atoms with Crippen LogP contribution in [0.5, 0.6) is 0 Å². The van der Waals surface area contributed by atoms with Gasteiger partial charge in [0.05, 0.1) is 5.52 Å². The van der Waals surface area contributed by atoms with Crippen LogP contribution >= 0.6 is 0 Å². The third-order valence-electron chi connectivity index (χ3n) is 2.74. The summed E-state index contributed by atoms with van der Waals surface area (Å²) >= 11 is 0. The Bertz CT molecular complexity index is 463. The lowest BCUT2D eigenvalue weighted by molar-refractivity contribution is 0.400. The molecule has 1 aromatic carbocycles. The molecule has 0 saturated heterocycles. The van der Waals surface area contributed by atoms with E-state index in [0.717, 1.165) is 18.5 Å². The van der Waals surface area contributed by atoms with Crippen LogP contribution in [0, 0.1) is 0 Å². The maximum absolute atomic E-state index is 4.32. The van der Waals surface area contributed by atoms with Crippen molar-refractivity contribution in [3.8, 4) is 0 Å². The van der Waals surface area contributed by atoms with Gasteiger partial charge in [-0.05, 0) is 57.2 Å². The van der Waals surface area contributed by atoms with Gasteiger partial charge in [-0.1, -0.05) is 12.1 Å². The lowest BCUT2D eigenvalue weighted by Gasteiger charge is -2.09. The molecule has 1 heterocycles. The Balaban J connectivity index is 2.08. The molecule has 2 rings (SSSR count). The molecule has 0 amide bonds. The summed E-state index contributed by atoms with van der Waals surface area (Å²) in [5, 5.41) is 1.24. The summed E-state index contributed by atoms with van der Waals surface area (Å²) < 4.78 is 0. The largest absolute Gasteiger partial charge is 0.309 e. The summed E-state index contributed by atoms with van der Waals surface area (Å²) in [7, 11) is 4.23. The maximum atomic E-state index is 4.32. The lowest BCUT2D eigenvalue weighted by atomic mass is 10.1. The highest BCUT2D eigenvalue weighted by Gasteiger charge is 1.97. The second-order valence-corrected chi connectivity index (χ2v) is 4.44. The monoisotopic (exact) mass is 214 g/mol. The summed E-state index contributed by atoms with van der Waals surface area (Å²) in [6, 6.07) is 10.7. The molecule has 0 aliphatic carbocycles. The first-order valence-corrected chi connectivity index (χ1v) is 5.74. The highest BCUT2D eigenvalue weighted by Crippen LogP contribution is 2.14. The molecule has 1 aromatic heterocycles. The van der Waals surface area contributed by atoms with Gasteiger partial charge in [0, 0.05) is 11.6 Å².